The van der Waals surface area contributed by atoms with Crippen LogP contribution in [0.3, 0.4) is 0 Å². The molecule has 4 rings (SSSR count). The van der Waals surface area contributed by atoms with Gasteiger partial charge in [0.2, 0.25) is 5.60 Å². The van der Waals surface area contributed by atoms with Crippen molar-refractivity contribution in [3.63, 3.8) is 0 Å². The number of methoxy groups -OCH3 is 2. The number of ether oxygens (including phenoxy) is 4. The molecule has 2 heterocycles. The predicted octanol–water partition coefficient (Wildman–Crippen LogP) is 2.01. The maximum Gasteiger partial charge on any atom is 0.343 e. The van der Waals surface area contributed by atoms with Gasteiger partial charge in [0.15, 0.2) is 0 Å². The van der Waals surface area contributed by atoms with Gasteiger partial charge < -0.3 is 28.5 Å². The van der Waals surface area contributed by atoms with E-state index in [1.165, 1.54) is 12.5 Å². The fourth-order valence-electron chi connectivity index (χ4n) is 6.34. The van der Waals surface area contributed by atoms with E-state index in [-0.39, 0.29) is 25.7 Å². The van der Waals surface area contributed by atoms with Crippen molar-refractivity contribution in [2.45, 2.75) is 57.3 Å². The number of furan rings is 1. The van der Waals surface area contributed by atoms with Crippen LogP contribution < -0.4 is 0 Å². The number of aliphatic hydroxyl groups is 1. The van der Waals surface area contributed by atoms with Crippen LogP contribution in [0.1, 0.15) is 51.2 Å². The van der Waals surface area contributed by atoms with Gasteiger partial charge in [0, 0.05) is 18.9 Å². The van der Waals surface area contributed by atoms with Crippen molar-refractivity contribution in [3.05, 3.63) is 35.8 Å². The third kappa shape index (κ3) is 2.97. The quantitative estimate of drug-likeness (QED) is 0.390. The fourth-order valence-corrected chi connectivity index (χ4v) is 6.34. The lowest BCUT2D eigenvalue weighted by molar-refractivity contribution is -0.247. The number of esters is 4. The number of rotatable bonds is 4. The number of fused-ring (bicyclic) bond motifs is 2. The highest BCUT2D eigenvalue weighted by atomic mass is 16.6. The average Bonchev–Trinajstić information content (AvgIpc) is 3.46. The number of allylic oxidation sites excluding steroid dienone is 1. The van der Waals surface area contributed by atoms with E-state index >= 15 is 0 Å². The second kappa shape index (κ2) is 8.26. The molecule has 1 spiro atoms. The normalized spacial score (nSPS) is 36.8. The molecule has 1 N–H and O–H groups in total. The summed E-state index contributed by atoms with van der Waals surface area (Å²) in [6.07, 6.45) is 2.84. The Morgan fingerprint density at radius 1 is 1.15 bits per heavy atom. The van der Waals surface area contributed by atoms with Gasteiger partial charge in [-0.15, -0.1) is 0 Å². The van der Waals surface area contributed by atoms with Gasteiger partial charge in [0.05, 0.1) is 32.2 Å². The van der Waals surface area contributed by atoms with Crippen LogP contribution in [0, 0.1) is 16.7 Å². The molecule has 10 nitrogen and oxygen atoms in total. The first-order valence-electron chi connectivity index (χ1n) is 11.1. The van der Waals surface area contributed by atoms with Gasteiger partial charge in [-0.05, 0) is 38.2 Å². The highest BCUT2D eigenvalue weighted by Crippen LogP contribution is 2.67. The first-order chi connectivity index (χ1) is 16.1. The zero-order valence-corrected chi connectivity index (χ0v) is 19.5. The van der Waals surface area contributed by atoms with E-state index in [1.807, 2.05) is 0 Å². The van der Waals surface area contributed by atoms with Crippen LogP contribution >= 0.6 is 0 Å². The van der Waals surface area contributed by atoms with Gasteiger partial charge in [-0.25, -0.2) is 4.79 Å². The zero-order chi connectivity index (χ0) is 24.9. The van der Waals surface area contributed by atoms with E-state index in [2.05, 4.69) is 0 Å². The maximum atomic E-state index is 13.6. The predicted molar refractivity (Wildman–Crippen MR) is 113 cm³/mol. The molecule has 0 bridgehead atoms. The van der Waals surface area contributed by atoms with Crippen LogP contribution in [-0.4, -0.2) is 54.9 Å². The van der Waals surface area contributed by atoms with E-state index in [0.717, 1.165) is 21.1 Å². The van der Waals surface area contributed by atoms with Gasteiger partial charge >= 0.3 is 23.9 Å². The third-order valence-electron chi connectivity index (χ3n) is 7.88. The third-order valence-corrected chi connectivity index (χ3v) is 7.88. The summed E-state index contributed by atoms with van der Waals surface area (Å²) in [5.41, 5.74) is -4.55. The maximum absolute atomic E-state index is 13.6. The van der Waals surface area contributed by atoms with Gasteiger partial charge in [-0.2, -0.15) is 0 Å². The Bertz CT molecular complexity index is 1040. The van der Waals surface area contributed by atoms with Gasteiger partial charge in [0.1, 0.15) is 17.6 Å². The molecule has 1 saturated carbocycles. The fraction of sp³-hybridized carbons (Fsp3) is 0.583. The highest BCUT2D eigenvalue weighted by Gasteiger charge is 2.78. The molecular weight excluding hydrogens is 448 g/mol. The van der Waals surface area contributed by atoms with Crippen molar-refractivity contribution in [3.8, 4) is 0 Å². The lowest BCUT2D eigenvalue weighted by Crippen LogP contribution is -2.73. The van der Waals surface area contributed by atoms with E-state index < -0.39 is 58.4 Å². The molecule has 184 valence electrons. The minimum Gasteiger partial charge on any atom is -0.472 e. The van der Waals surface area contributed by atoms with Crippen molar-refractivity contribution in [1.82, 2.24) is 0 Å². The molecule has 2 aliphatic carbocycles. The molecule has 10 heteroatoms. The Labute approximate surface area is 196 Å². The molecule has 1 aliphatic heterocycles. The van der Waals surface area contributed by atoms with E-state index in [4.69, 9.17) is 23.4 Å². The second-order valence-corrected chi connectivity index (χ2v) is 9.17. The Morgan fingerprint density at radius 3 is 2.44 bits per heavy atom. The summed E-state index contributed by atoms with van der Waals surface area (Å²) in [7, 11) is 2.21. The van der Waals surface area contributed by atoms with Crippen LogP contribution in [0.15, 0.2) is 34.7 Å². The van der Waals surface area contributed by atoms with E-state index in [9.17, 15) is 24.3 Å². The first kappa shape index (κ1) is 24.0. The average molecular weight is 476 g/mol. The zero-order valence-electron chi connectivity index (χ0n) is 19.5. The summed E-state index contributed by atoms with van der Waals surface area (Å²) in [6.45, 7) is 2.92. The Balaban J connectivity index is 1.93. The first-order valence-corrected chi connectivity index (χ1v) is 11.1. The molecule has 1 aromatic rings. The molecule has 2 fully saturated rings. The number of cyclic esters (lactones) is 1. The summed E-state index contributed by atoms with van der Waals surface area (Å²) in [6, 6.07) is 1.69. The summed E-state index contributed by atoms with van der Waals surface area (Å²) < 4.78 is 26.3. The molecule has 0 unspecified atom stereocenters. The summed E-state index contributed by atoms with van der Waals surface area (Å²) in [5, 5.41) is 12.0. The van der Waals surface area contributed by atoms with Gasteiger partial charge in [-0.1, -0.05) is 11.6 Å². The van der Waals surface area contributed by atoms with Crippen molar-refractivity contribution in [2.75, 3.05) is 14.2 Å². The summed E-state index contributed by atoms with van der Waals surface area (Å²) in [5.74, 6) is -4.23. The minimum atomic E-state index is -2.60. The Kier molecular flexibility index (Phi) is 5.83. The van der Waals surface area contributed by atoms with Crippen LogP contribution in [0.5, 0.6) is 0 Å². The highest BCUT2D eigenvalue weighted by molar-refractivity contribution is 5.95. The van der Waals surface area contributed by atoms with E-state index in [0.29, 0.717) is 11.1 Å². The molecule has 1 aromatic heterocycles. The summed E-state index contributed by atoms with van der Waals surface area (Å²) >= 11 is 0. The van der Waals surface area contributed by atoms with Crippen LogP contribution in [0.2, 0.25) is 0 Å². The van der Waals surface area contributed by atoms with Crippen LogP contribution in [-0.2, 0) is 38.1 Å². The number of hydrogen-bond acceptors (Lipinski definition) is 10. The smallest absolute Gasteiger partial charge is 0.343 e. The number of hydrogen-bond donors (Lipinski definition) is 1. The second-order valence-electron chi connectivity index (χ2n) is 9.17. The van der Waals surface area contributed by atoms with Crippen molar-refractivity contribution < 1.29 is 47.6 Å². The summed E-state index contributed by atoms with van der Waals surface area (Å²) in [4.78, 5) is 52.1. The lowest BCUT2D eigenvalue weighted by atomic mass is 9.44. The molecular formula is C24H28O10. The molecule has 6 atom stereocenters. The lowest BCUT2D eigenvalue weighted by Gasteiger charge is -2.58. The molecule has 0 amide bonds. The standard InChI is InChI=1S/C24H28O10/c1-13-7-9-23(20(27)30-3)17(5-6-18(33-14(2)25)24(23,29)21(28)31-4)22(13)11-16(34-19(22)26)15-8-10-32-12-15/h7-8,10,12,16-18,29H,5-6,9,11H2,1-4H3/t16-,17+,18+,22-,23+,24-/m0/s1. The van der Waals surface area contributed by atoms with Gasteiger partial charge in [-0.3, -0.25) is 14.4 Å². The Morgan fingerprint density at radius 2 is 1.85 bits per heavy atom. The molecule has 3 aliphatic rings. The van der Waals surface area contributed by atoms with Gasteiger partial charge in [0.25, 0.3) is 0 Å². The van der Waals surface area contributed by atoms with Crippen molar-refractivity contribution >= 4 is 23.9 Å². The topological polar surface area (TPSA) is 139 Å². The molecule has 0 aromatic carbocycles. The Hall–Kier alpha value is -3.14. The molecule has 1 saturated heterocycles. The SMILES string of the molecule is COC(=O)[C@@]1(O)[C@H](OC(C)=O)CC[C@@H]2[C@]3(C[C@@H](c4ccoc4)OC3=O)C(C)=CC[C@]21C(=O)OC. The monoisotopic (exact) mass is 476 g/mol. The largest absolute Gasteiger partial charge is 0.472 e. The van der Waals surface area contributed by atoms with Crippen molar-refractivity contribution in [1.29, 1.82) is 0 Å². The van der Waals surface area contributed by atoms with Crippen molar-refractivity contribution in [2.24, 2.45) is 16.7 Å². The molecule has 0 radical (unpaired) electrons. The van der Waals surface area contributed by atoms with E-state index in [1.54, 1.807) is 19.1 Å². The minimum absolute atomic E-state index is 0.0211. The van der Waals surface area contributed by atoms with Crippen LogP contribution in [0.25, 0.3) is 0 Å². The number of carbonyl (C=O) groups excluding carboxylic acids is 4. The molecule has 34 heavy (non-hydrogen) atoms. The van der Waals surface area contributed by atoms with Crippen LogP contribution in [0.4, 0.5) is 0 Å². The number of carbonyl (C=O) groups is 4.